The molecule has 0 bridgehead atoms. The number of aryl methyl sites for hydroxylation is 1. The fraction of sp³-hybridized carbons (Fsp3) is 0.586. The molecule has 2 aliphatic rings. The number of benzene rings is 2. The molecular formula is C29H40. The fourth-order valence-corrected chi connectivity index (χ4v) is 6.11. The van der Waals surface area contributed by atoms with E-state index in [0.29, 0.717) is 0 Å². The molecule has 4 rings (SSSR count). The van der Waals surface area contributed by atoms with E-state index in [2.05, 4.69) is 62.4 Å². The van der Waals surface area contributed by atoms with Gasteiger partial charge in [0.25, 0.3) is 0 Å². The summed E-state index contributed by atoms with van der Waals surface area (Å²) in [4.78, 5) is 0. The highest BCUT2D eigenvalue weighted by atomic mass is 14.4. The third kappa shape index (κ3) is 5.14. The van der Waals surface area contributed by atoms with Crippen molar-refractivity contribution in [2.24, 2.45) is 17.8 Å². The van der Waals surface area contributed by atoms with E-state index in [4.69, 9.17) is 0 Å². The first-order valence-corrected chi connectivity index (χ1v) is 12.5. The molecule has 156 valence electrons. The van der Waals surface area contributed by atoms with Gasteiger partial charge in [-0.1, -0.05) is 94.5 Å². The standard InChI is InChI=1S/C29H40/c1-3-5-6-7-23-10-13-29-21-28(19-18-27(29)20-23)26-16-14-25(15-17-26)24-11-8-22(4-2)9-12-24/h8-9,11-12,14-17,23,27-29H,3-7,10,13,18-21H2,1-2H3. The van der Waals surface area contributed by atoms with Gasteiger partial charge in [0.2, 0.25) is 0 Å². The average Bonchev–Trinajstić information content (AvgIpc) is 2.79. The molecule has 0 heteroatoms. The molecule has 4 atom stereocenters. The lowest BCUT2D eigenvalue weighted by molar-refractivity contribution is 0.113. The molecule has 2 fully saturated rings. The molecule has 2 saturated carbocycles. The predicted molar refractivity (Wildman–Crippen MR) is 126 cm³/mol. The number of hydrogen-bond donors (Lipinski definition) is 0. The Morgan fingerprint density at radius 3 is 2.03 bits per heavy atom. The molecule has 2 aromatic carbocycles. The van der Waals surface area contributed by atoms with Gasteiger partial charge >= 0.3 is 0 Å². The minimum atomic E-state index is 0.796. The van der Waals surface area contributed by atoms with Crippen LogP contribution in [-0.2, 0) is 6.42 Å². The van der Waals surface area contributed by atoms with Gasteiger partial charge in [0, 0.05) is 0 Å². The summed E-state index contributed by atoms with van der Waals surface area (Å²) in [6.45, 7) is 4.55. The molecule has 0 aromatic heterocycles. The molecule has 0 heterocycles. The SMILES string of the molecule is CCCCCC1CCC2CC(c3ccc(-c4ccc(CC)cc4)cc3)CCC2C1. The Morgan fingerprint density at radius 2 is 1.34 bits per heavy atom. The summed E-state index contributed by atoms with van der Waals surface area (Å²) in [6, 6.07) is 18.6. The van der Waals surface area contributed by atoms with Crippen molar-refractivity contribution in [3.63, 3.8) is 0 Å². The predicted octanol–water partition coefficient (Wildman–Crippen LogP) is 8.80. The van der Waals surface area contributed by atoms with Crippen molar-refractivity contribution in [2.45, 2.75) is 90.4 Å². The number of hydrogen-bond acceptors (Lipinski definition) is 0. The van der Waals surface area contributed by atoms with Gasteiger partial charge in [-0.2, -0.15) is 0 Å². The molecule has 0 nitrogen and oxygen atoms in total. The van der Waals surface area contributed by atoms with Crippen LogP contribution in [0.3, 0.4) is 0 Å². The van der Waals surface area contributed by atoms with Gasteiger partial charge in [-0.25, -0.2) is 0 Å². The van der Waals surface area contributed by atoms with Crippen molar-refractivity contribution in [1.82, 2.24) is 0 Å². The van der Waals surface area contributed by atoms with Gasteiger partial charge in [0.15, 0.2) is 0 Å². The Labute approximate surface area is 179 Å². The largest absolute Gasteiger partial charge is 0.0654 e. The zero-order valence-corrected chi connectivity index (χ0v) is 18.7. The van der Waals surface area contributed by atoms with Crippen LogP contribution in [0.25, 0.3) is 11.1 Å². The highest BCUT2D eigenvalue weighted by molar-refractivity contribution is 5.64. The van der Waals surface area contributed by atoms with Gasteiger partial charge in [-0.05, 0) is 84.5 Å². The first-order chi connectivity index (χ1) is 14.3. The average molecular weight is 389 g/mol. The third-order valence-corrected chi connectivity index (χ3v) is 8.02. The molecule has 29 heavy (non-hydrogen) atoms. The van der Waals surface area contributed by atoms with Crippen LogP contribution in [0.2, 0.25) is 0 Å². The summed E-state index contributed by atoms with van der Waals surface area (Å²) in [5.74, 6) is 3.86. The number of unbranched alkanes of at least 4 members (excludes halogenated alkanes) is 2. The smallest absolute Gasteiger partial charge is 0.0159 e. The van der Waals surface area contributed by atoms with Crippen molar-refractivity contribution in [3.05, 3.63) is 59.7 Å². The van der Waals surface area contributed by atoms with E-state index in [1.165, 1.54) is 80.9 Å². The molecule has 4 unspecified atom stereocenters. The van der Waals surface area contributed by atoms with Gasteiger partial charge in [-0.15, -0.1) is 0 Å². The maximum absolute atomic E-state index is 2.42. The van der Waals surface area contributed by atoms with Gasteiger partial charge < -0.3 is 0 Å². The van der Waals surface area contributed by atoms with E-state index in [9.17, 15) is 0 Å². The van der Waals surface area contributed by atoms with Gasteiger partial charge in [0.1, 0.15) is 0 Å². The van der Waals surface area contributed by atoms with Crippen LogP contribution < -0.4 is 0 Å². The maximum Gasteiger partial charge on any atom is -0.0159 e. The molecule has 2 aromatic rings. The fourth-order valence-electron chi connectivity index (χ4n) is 6.11. The Balaban J connectivity index is 1.33. The van der Waals surface area contributed by atoms with Crippen LogP contribution in [0.5, 0.6) is 0 Å². The summed E-state index contributed by atoms with van der Waals surface area (Å²) in [5, 5.41) is 0. The van der Waals surface area contributed by atoms with Crippen molar-refractivity contribution in [3.8, 4) is 11.1 Å². The van der Waals surface area contributed by atoms with Crippen LogP contribution in [-0.4, -0.2) is 0 Å². The highest BCUT2D eigenvalue weighted by Crippen LogP contribution is 2.48. The van der Waals surface area contributed by atoms with Crippen LogP contribution in [0.15, 0.2) is 48.5 Å². The summed E-state index contributed by atoms with van der Waals surface area (Å²) in [6.07, 6.45) is 15.7. The lowest BCUT2D eigenvalue weighted by Crippen LogP contribution is -2.30. The van der Waals surface area contributed by atoms with Gasteiger partial charge in [-0.3, -0.25) is 0 Å². The van der Waals surface area contributed by atoms with E-state index in [1.807, 2.05) is 0 Å². The summed E-state index contributed by atoms with van der Waals surface area (Å²) in [5.41, 5.74) is 5.71. The van der Waals surface area contributed by atoms with E-state index >= 15 is 0 Å². The lowest BCUT2D eigenvalue weighted by Gasteiger charge is -2.42. The molecule has 0 aliphatic heterocycles. The van der Waals surface area contributed by atoms with E-state index in [-0.39, 0.29) is 0 Å². The summed E-state index contributed by atoms with van der Waals surface area (Å²) in [7, 11) is 0. The van der Waals surface area contributed by atoms with Crippen molar-refractivity contribution in [1.29, 1.82) is 0 Å². The van der Waals surface area contributed by atoms with Crippen LogP contribution in [0, 0.1) is 17.8 Å². The third-order valence-electron chi connectivity index (χ3n) is 8.02. The Kier molecular flexibility index (Phi) is 7.11. The second-order valence-corrected chi connectivity index (χ2v) is 9.88. The van der Waals surface area contributed by atoms with Crippen molar-refractivity contribution < 1.29 is 0 Å². The summed E-state index contributed by atoms with van der Waals surface area (Å²) >= 11 is 0. The minimum Gasteiger partial charge on any atom is -0.0654 e. The van der Waals surface area contributed by atoms with E-state index in [1.54, 1.807) is 5.56 Å². The normalized spacial score (nSPS) is 26.8. The lowest BCUT2D eigenvalue weighted by atomic mass is 9.63. The zero-order chi connectivity index (χ0) is 20.1. The van der Waals surface area contributed by atoms with E-state index < -0.39 is 0 Å². The quantitative estimate of drug-likeness (QED) is 0.416. The Morgan fingerprint density at radius 1 is 0.690 bits per heavy atom. The second kappa shape index (κ2) is 9.96. The van der Waals surface area contributed by atoms with Crippen LogP contribution >= 0.6 is 0 Å². The van der Waals surface area contributed by atoms with Gasteiger partial charge in [0.05, 0.1) is 0 Å². The monoisotopic (exact) mass is 388 g/mol. The first-order valence-electron chi connectivity index (χ1n) is 12.5. The molecule has 0 radical (unpaired) electrons. The molecular weight excluding hydrogens is 348 g/mol. The minimum absolute atomic E-state index is 0.796. The molecule has 0 spiro atoms. The number of rotatable bonds is 7. The van der Waals surface area contributed by atoms with Crippen molar-refractivity contribution in [2.75, 3.05) is 0 Å². The molecule has 2 aliphatic carbocycles. The highest BCUT2D eigenvalue weighted by Gasteiger charge is 2.35. The van der Waals surface area contributed by atoms with Crippen molar-refractivity contribution >= 4 is 0 Å². The Hall–Kier alpha value is -1.56. The number of fused-ring (bicyclic) bond motifs is 1. The molecule has 0 saturated heterocycles. The molecule has 0 N–H and O–H groups in total. The molecule has 0 amide bonds. The van der Waals surface area contributed by atoms with Crippen LogP contribution in [0.1, 0.15) is 95.1 Å². The van der Waals surface area contributed by atoms with Crippen LogP contribution in [0.4, 0.5) is 0 Å². The topological polar surface area (TPSA) is 0 Å². The maximum atomic E-state index is 2.42. The second-order valence-electron chi connectivity index (χ2n) is 9.88. The summed E-state index contributed by atoms with van der Waals surface area (Å²) < 4.78 is 0. The van der Waals surface area contributed by atoms with E-state index in [0.717, 1.165) is 30.1 Å². The first kappa shape index (κ1) is 20.7. The Bertz CT molecular complexity index is 739. The zero-order valence-electron chi connectivity index (χ0n) is 18.7.